The highest BCUT2D eigenvalue weighted by atomic mass is 16.7. The summed E-state index contributed by atoms with van der Waals surface area (Å²) in [7, 11) is 1.49. The molecule has 18 heavy (non-hydrogen) atoms. The number of hydroxylamine groups is 1. The predicted octanol–water partition coefficient (Wildman–Crippen LogP) is 1.21. The van der Waals surface area contributed by atoms with E-state index >= 15 is 0 Å². The van der Waals surface area contributed by atoms with E-state index in [-0.39, 0.29) is 12.2 Å². The van der Waals surface area contributed by atoms with E-state index in [2.05, 4.69) is 10.3 Å². The van der Waals surface area contributed by atoms with E-state index in [0.717, 1.165) is 0 Å². The normalized spacial score (nSPS) is 9.89. The molecule has 0 saturated carbocycles. The van der Waals surface area contributed by atoms with Gasteiger partial charge < -0.3 is 9.57 Å². The topological polar surface area (TPSA) is 90.7 Å². The van der Waals surface area contributed by atoms with Gasteiger partial charge in [-0.25, -0.2) is 0 Å². The first-order valence-corrected chi connectivity index (χ1v) is 5.26. The molecule has 0 aliphatic carbocycles. The van der Waals surface area contributed by atoms with Gasteiger partial charge in [-0.05, 0) is 18.6 Å². The molecule has 0 unspecified atom stereocenters. The SMILES string of the molecule is COc1ccc([N+](=O)[O-])c(CCNOC(C)=O)c1. The van der Waals surface area contributed by atoms with Gasteiger partial charge in [0.25, 0.3) is 5.69 Å². The van der Waals surface area contributed by atoms with Gasteiger partial charge in [0.05, 0.1) is 12.0 Å². The van der Waals surface area contributed by atoms with Crippen LogP contribution in [0.5, 0.6) is 5.75 Å². The predicted molar refractivity (Wildman–Crippen MR) is 63.1 cm³/mol. The first-order chi connectivity index (χ1) is 8.54. The first kappa shape index (κ1) is 13.9. The number of nitro groups is 1. The van der Waals surface area contributed by atoms with Crippen LogP contribution in [0.2, 0.25) is 0 Å². The second kappa shape index (κ2) is 6.55. The number of methoxy groups -OCH3 is 1. The van der Waals surface area contributed by atoms with Crippen LogP contribution < -0.4 is 10.2 Å². The Morgan fingerprint density at radius 1 is 1.50 bits per heavy atom. The molecule has 98 valence electrons. The van der Waals surface area contributed by atoms with Gasteiger partial charge in [-0.3, -0.25) is 14.9 Å². The fourth-order valence-corrected chi connectivity index (χ4v) is 1.41. The Morgan fingerprint density at radius 3 is 2.78 bits per heavy atom. The molecule has 0 radical (unpaired) electrons. The van der Waals surface area contributed by atoms with Crippen molar-refractivity contribution < 1.29 is 19.3 Å². The van der Waals surface area contributed by atoms with Crippen LogP contribution in [-0.4, -0.2) is 24.5 Å². The molecule has 1 N–H and O–H groups in total. The van der Waals surface area contributed by atoms with Gasteiger partial charge in [-0.15, -0.1) is 0 Å². The van der Waals surface area contributed by atoms with Crippen molar-refractivity contribution in [2.45, 2.75) is 13.3 Å². The van der Waals surface area contributed by atoms with E-state index in [0.29, 0.717) is 17.7 Å². The quantitative estimate of drug-likeness (QED) is 0.466. The highest BCUT2D eigenvalue weighted by Gasteiger charge is 2.14. The first-order valence-electron chi connectivity index (χ1n) is 5.26. The minimum absolute atomic E-state index is 0.0143. The molecular formula is C11H14N2O5. The molecule has 0 spiro atoms. The van der Waals surface area contributed by atoms with E-state index in [1.807, 2.05) is 0 Å². The van der Waals surface area contributed by atoms with E-state index < -0.39 is 10.9 Å². The van der Waals surface area contributed by atoms with Crippen LogP contribution in [0.25, 0.3) is 0 Å². The highest BCUT2D eigenvalue weighted by Crippen LogP contribution is 2.24. The molecular weight excluding hydrogens is 240 g/mol. The number of nitrogens with zero attached hydrogens (tertiary/aromatic N) is 1. The van der Waals surface area contributed by atoms with Gasteiger partial charge >= 0.3 is 5.97 Å². The summed E-state index contributed by atoms with van der Waals surface area (Å²) >= 11 is 0. The van der Waals surface area contributed by atoms with E-state index in [1.54, 1.807) is 6.07 Å². The Kier molecular flexibility index (Phi) is 5.06. The standard InChI is InChI=1S/C11H14N2O5/c1-8(14)18-12-6-5-9-7-10(17-2)3-4-11(9)13(15)16/h3-4,7,12H,5-6H2,1-2H3. The lowest BCUT2D eigenvalue weighted by molar-refractivity contribution is -0.385. The van der Waals surface area contributed by atoms with Crippen molar-refractivity contribution >= 4 is 11.7 Å². The number of rotatable bonds is 6. The van der Waals surface area contributed by atoms with Crippen molar-refractivity contribution in [2.24, 2.45) is 0 Å². The second-order valence-electron chi connectivity index (χ2n) is 3.49. The largest absolute Gasteiger partial charge is 0.497 e. The van der Waals surface area contributed by atoms with Crippen LogP contribution >= 0.6 is 0 Å². The minimum atomic E-state index is -0.463. The van der Waals surface area contributed by atoms with E-state index in [9.17, 15) is 14.9 Å². The molecule has 1 aromatic rings. The van der Waals surface area contributed by atoms with Crippen LogP contribution in [0, 0.1) is 10.1 Å². The maximum Gasteiger partial charge on any atom is 0.321 e. The average Bonchev–Trinajstić information content (AvgIpc) is 2.33. The fourth-order valence-electron chi connectivity index (χ4n) is 1.41. The molecule has 0 amide bonds. The van der Waals surface area contributed by atoms with Gasteiger partial charge in [0.2, 0.25) is 0 Å². The molecule has 0 fully saturated rings. The smallest absolute Gasteiger partial charge is 0.321 e. The van der Waals surface area contributed by atoms with Crippen molar-refractivity contribution in [3.8, 4) is 5.75 Å². The van der Waals surface area contributed by atoms with Crippen molar-refractivity contribution in [3.05, 3.63) is 33.9 Å². The van der Waals surface area contributed by atoms with Crippen LogP contribution in [0.1, 0.15) is 12.5 Å². The number of ether oxygens (including phenoxy) is 1. The minimum Gasteiger partial charge on any atom is -0.497 e. The third-order valence-electron chi connectivity index (χ3n) is 2.20. The van der Waals surface area contributed by atoms with Gasteiger partial charge in [-0.2, -0.15) is 5.48 Å². The Balaban J connectivity index is 2.71. The molecule has 0 heterocycles. The molecule has 0 aliphatic heterocycles. The Labute approximate surface area is 104 Å². The summed E-state index contributed by atoms with van der Waals surface area (Å²) in [5.74, 6) is 0.0817. The Bertz CT molecular complexity index is 447. The molecule has 1 aromatic carbocycles. The zero-order valence-corrected chi connectivity index (χ0v) is 10.1. The lowest BCUT2D eigenvalue weighted by Gasteiger charge is -2.06. The number of nitrogens with one attached hydrogen (secondary N) is 1. The monoisotopic (exact) mass is 254 g/mol. The number of carbonyl (C=O) groups excluding carboxylic acids is 1. The third-order valence-corrected chi connectivity index (χ3v) is 2.20. The summed E-state index contributed by atoms with van der Waals surface area (Å²) < 4.78 is 5.01. The number of carbonyl (C=O) groups is 1. The summed E-state index contributed by atoms with van der Waals surface area (Å²) in [6, 6.07) is 4.51. The molecule has 1 rings (SSSR count). The number of hydrogen-bond acceptors (Lipinski definition) is 6. The van der Waals surface area contributed by atoms with E-state index in [1.165, 1.54) is 26.2 Å². The number of nitro benzene ring substituents is 1. The number of hydrogen-bond donors (Lipinski definition) is 1. The van der Waals surface area contributed by atoms with Gasteiger partial charge in [0.15, 0.2) is 0 Å². The molecule has 0 bridgehead atoms. The number of benzene rings is 1. The molecule has 0 atom stereocenters. The fraction of sp³-hybridized carbons (Fsp3) is 0.364. The van der Waals surface area contributed by atoms with Gasteiger partial charge in [0.1, 0.15) is 5.75 Å². The molecule has 7 heteroatoms. The molecule has 0 aromatic heterocycles. The summed E-state index contributed by atoms with van der Waals surface area (Å²) in [5.41, 5.74) is 2.95. The lowest BCUT2D eigenvalue weighted by atomic mass is 10.1. The molecule has 0 aliphatic rings. The molecule has 0 saturated heterocycles. The highest BCUT2D eigenvalue weighted by molar-refractivity contribution is 5.65. The summed E-state index contributed by atoms with van der Waals surface area (Å²) in [5, 5.41) is 10.8. The third kappa shape index (κ3) is 4.02. The van der Waals surface area contributed by atoms with Crippen LogP contribution in [-0.2, 0) is 16.1 Å². The maximum atomic E-state index is 10.8. The molecule has 7 nitrogen and oxygen atoms in total. The van der Waals surface area contributed by atoms with Gasteiger partial charge in [-0.1, -0.05) is 0 Å². The van der Waals surface area contributed by atoms with Crippen LogP contribution in [0.3, 0.4) is 0 Å². The zero-order chi connectivity index (χ0) is 13.5. The van der Waals surface area contributed by atoms with E-state index in [4.69, 9.17) is 4.74 Å². The van der Waals surface area contributed by atoms with Gasteiger partial charge in [0, 0.05) is 25.1 Å². The Morgan fingerprint density at radius 2 is 2.22 bits per heavy atom. The van der Waals surface area contributed by atoms with Crippen LogP contribution in [0.4, 0.5) is 5.69 Å². The lowest BCUT2D eigenvalue weighted by Crippen LogP contribution is -2.20. The van der Waals surface area contributed by atoms with Crippen molar-refractivity contribution in [2.75, 3.05) is 13.7 Å². The second-order valence-corrected chi connectivity index (χ2v) is 3.49. The maximum absolute atomic E-state index is 10.8. The zero-order valence-electron chi connectivity index (χ0n) is 10.1. The van der Waals surface area contributed by atoms with Crippen LogP contribution in [0.15, 0.2) is 18.2 Å². The summed E-state index contributed by atoms with van der Waals surface area (Å²) in [4.78, 5) is 25.4. The average molecular weight is 254 g/mol. The van der Waals surface area contributed by atoms with Crippen molar-refractivity contribution in [1.82, 2.24) is 5.48 Å². The van der Waals surface area contributed by atoms with Crippen molar-refractivity contribution in [1.29, 1.82) is 0 Å². The summed E-state index contributed by atoms with van der Waals surface area (Å²) in [6.45, 7) is 1.55. The Hall–Kier alpha value is -2.15. The van der Waals surface area contributed by atoms with Crippen molar-refractivity contribution in [3.63, 3.8) is 0 Å². The summed E-state index contributed by atoms with van der Waals surface area (Å²) in [6.07, 6.45) is 0.348.